The Balaban J connectivity index is 0.000000242. The summed E-state index contributed by atoms with van der Waals surface area (Å²) >= 11 is 24.2. The van der Waals surface area contributed by atoms with E-state index in [0.29, 0.717) is 46.0 Å². The van der Waals surface area contributed by atoms with Crippen molar-refractivity contribution in [1.29, 1.82) is 0 Å². The summed E-state index contributed by atoms with van der Waals surface area (Å²) in [5, 5.41) is 11.6. The fourth-order valence-corrected chi connectivity index (χ4v) is 7.12. The smallest absolute Gasteiger partial charge is 0.280 e. The van der Waals surface area contributed by atoms with Crippen LogP contribution in [0.5, 0.6) is 0 Å². The normalized spacial score (nSPS) is 12.0. The maximum absolute atomic E-state index is 13.3. The number of hydrogen-bond donors (Lipinski definition) is 2. The van der Waals surface area contributed by atoms with Gasteiger partial charge in [0, 0.05) is 39.4 Å². The van der Waals surface area contributed by atoms with E-state index < -0.39 is 16.1 Å². The topological polar surface area (TPSA) is 146 Å². The monoisotopic (exact) mass is 820 g/mol. The van der Waals surface area contributed by atoms with Gasteiger partial charge < -0.3 is 14.5 Å². The van der Waals surface area contributed by atoms with Crippen LogP contribution in [0, 0.1) is 0 Å². The van der Waals surface area contributed by atoms with Crippen molar-refractivity contribution in [3.05, 3.63) is 89.6 Å². The van der Waals surface area contributed by atoms with Gasteiger partial charge in [-0.3, -0.25) is 14.2 Å². The molecule has 52 heavy (non-hydrogen) atoms. The van der Waals surface area contributed by atoms with Crippen LogP contribution in [0.25, 0.3) is 44.8 Å². The Morgan fingerprint density at radius 1 is 0.731 bits per heavy atom. The highest BCUT2D eigenvalue weighted by Crippen LogP contribution is 2.27. The van der Waals surface area contributed by atoms with Crippen molar-refractivity contribution in [2.24, 2.45) is 0 Å². The van der Waals surface area contributed by atoms with Gasteiger partial charge in [-0.05, 0) is 60.6 Å². The highest BCUT2D eigenvalue weighted by atomic mass is 35.5. The molecule has 18 heteroatoms. The molecule has 12 nitrogen and oxygen atoms in total. The van der Waals surface area contributed by atoms with Gasteiger partial charge in [0.2, 0.25) is 0 Å². The number of imidazole rings is 2. The minimum atomic E-state index is -1.24. The third kappa shape index (κ3) is 10.6. The lowest BCUT2D eigenvalue weighted by molar-refractivity contribution is 0.0750. The Bertz CT molecular complexity index is 2310. The first-order valence-corrected chi connectivity index (χ1v) is 25.4. The van der Waals surface area contributed by atoms with E-state index in [-0.39, 0.29) is 34.9 Å². The highest BCUT2D eigenvalue weighted by Gasteiger charge is 2.20. The molecule has 0 radical (unpaired) electrons. The zero-order chi connectivity index (χ0) is 37.8. The van der Waals surface area contributed by atoms with Crippen LogP contribution in [0.2, 0.25) is 71.7 Å². The van der Waals surface area contributed by atoms with Crippen molar-refractivity contribution in [2.45, 2.75) is 64.8 Å². The maximum atomic E-state index is 13.3. The highest BCUT2D eigenvalue weighted by molar-refractivity contribution is 6.76. The Hall–Kier alpha value is -3.35. The number of nitrogens with one attached hydrogen (secondary N) is 2. The van der Waals surface area contributed by atoms with Crippen LogP contribution >= 0.6 is 46.4 Å². The van der Waals surface area contributed by atoms with Gasteiger partial charge in [-0.25, -0.2) is 19.7 Å². The van der Waals surface area contributed by atoms with Gasteiger partial charge >= 0.3 is 0 Å². The van der Waals surface area contributed by atoms with Crippen molar-refractivity contribution in [3.8, 4) is 22.8 Å². The Morgan fingerprint density at radius 2 is 1.35 bits per heavy atom. The molecule has 0 spiro atoms. The molecule has 2 N–H and O–H groups in total. The zero-order valence-electron chi connectivity index (χ0n) is 29.7. The molecule has 4 aromatic heterocycles. The van der Waals surface area contributed by atoms with E-state index in [1.165, 1.54) is 10.7 Å². The lowest BCUT2D eigenvalue weighted by Crippen LogP contribution is -2.28. The van der Waals surface area contributed by atoms with E-state index in [9.17, 15) is 9.59 Å². The molecular formula is C34H40Cl4N8O4Si2. The molecule has 0 amide bonds. The molecule has 0 aliphatic heterocycles. The molecule has 0 saturated heterocycles. The summed E-state index contributed by atoms with van der Waals surface area (Å²) in [6.45, 7) is 15.3. The molecule has 6 rings (SSSR count). The lowest BCUT2D eigenvalue weighted by atomic mass is 10.3. The van der Waals surface area contributed by atoms with Crippen LogP contribution in [0.4, 0.5) is 0 Å². The maximum Gasteiger partial charge on any atom is 0.280 e. The second kappa shape index (κ2) is 16.8. The molecule has 6 aromatic rings. The zero-order valence-corrected chi connectivity index (χ0v) is 34.7. The average Bonchev–Trinajstić information content (AvgIpc) is 3.64. The van der Waals surface area contributed by atoms with E-state index in [1.807, 2.05) is 16.7 Å². The number of rotatable bonds is 12. The van der Waals surface area contributed by atoms with Gasteiger partial charge in [-0.2, -0.15) is 10.2 Å². The first-order valence-electron chi connectivity index (χ1n) is 16.5. The van der Waals surface area contributed by atoms with Crippen LogP contribution in [0.1, 0.15) is 0 Å². The van der Waals surface area contributed by atoms with Crippen molar-refractivity contribution in [3.63, 3.8) is 0 Å². The second-order valence-electron chi connectivity index (χ2n) is 14.6. The second-order valence-corrected chi connectivity index (χ2v) is 27.4. The first-order chi connectivity index (χ1) is 24.5. The molecule has 0 aliphatic rings. The molecule has 0 unspecified atom stereocenters. The van der Waals surface area contributed by atoms with E-state index in [4.69, 9.17) is 60.9 Å². The summed E-state index contributed by atoms with van der Waals surface area (Å²) in [7, 11) is -2.47. The van der Waals surface area contributed by atoms with Crippen molar-refractivity contribution in [1.82, 2.24) is 39.5 Å². The number of H-pyrrole nitrogens is 2. The van der Waals surface area contributed by atoms with Crippen LogP contribution in [0.15, 0.2) is 58.1 Å². The molecule has 276 valence electrons. The average molecular weight is 823 g/mol. The predicted octanol–water partition coefficient (Wildman–Crippen LogP) is 8.81. The standard InChI is InChI=1S/C23H34Cl2N4O3Si2.C11H6Cl2N4O/c1-33(2,3)11-9-31-15-28-20-13-17(24)7-8-19(20)26-22(28)18-14-21(25)27-29(23(18)30)16-32-10-12-34(4,5)6;12-5-1-2-7-8(3-5)15-10(14-7)6-4-9(13)16-17-11(6)18/h7-8,13-14H,9-12,15-16H2,1-6H3;1-4H,(H,14,15)(H,17,18). The number of aromatic amines is 2. The van der Waals surface area contributed by atoms with Crippen LogP contribution in [-0.2, 0) is 22.9 Å². The molecule has 4 heterocycles. The van der Waals surface area contributed by atoms with Crippen molar-refractivity contribution >= 4 is 84.6 Å². The van der Waals surface area contributed by atoms with Crippen LogP contribution < -0.4 is 11.1 Å². The minimum Gasteiger partial charge on any atom is -0.361 e. The summed E-state index contributed by atoms with van der Waals surface area (Å²) in [6, 6.07) is 15.7. The van der Waals surface area contributed by atoms with Gasteiger partial charge in [0.05, 0.1) is 33.2 Å². The van der Waals surface area contributed by atoms with Gasteiger partial charge in [0.15, 0.2) is 5.15 Å². The molecule has 2 aromatic carbocycles. The van der Waals surface area contributed by atoms with Crippen molar-refractivity contribution in [2.75, 3.05) is 13.2 Å². The van der Waals surface area contributed by atoms with Gasteiger partial charge in [0.1, 0.15) is 30.3 Å². The summed E-state index contributed by atoms with van der Waals surface area (Å²) in [5.41, 5.74) is 3.00. The molecular weight excluding hydrogens is 782 g/mol. The predicted molar refractivity (Wildman–Crippen MR) is 215 cm³/mol. The summed E-state index contributed by atoms with van der Waals surface area (Å²) in [6.07, 6.45) is 0. The Morgan fingerprint density at radius 3 is 2.02 bits per heavy atom. The van der Waals surface area contributed by atoms with Crippen LogP contribution in [-0.4, -0.2) is 68.9 Å². The number of benzene rings is 2. The van der Waals surface area contributed by atoms with Gasteiger partial charge in [0.25, 0.3) is 11.1 Å². The summed E-state index contributed by atoms with van der Waals surface area (Å²) in [5.74, 6) is 0.897. The quantitative estimate of drug-likeness (QED) is 0.0921. The number of fused-ring (bicyclic) bond motifs is 2. The van der Waals surface area contributed by atoms with E-state index in [0.717, 1.165) is 34.2 Å². The lowest BCUT2D eigenvalue weighted by Gasteiger charge is -2.17. The molecule has 0 aliphatic carbocycles. The number of halogens is 4. The van der Waals surface area contributed by atoms with E-state index in [1.54, 1.807) is 30.3 Å². The Kier molecular flexibility index (Phi) is 12.8. The molecule has 0 fully saturated rings. The number of nitrogens with zero attached hydrogens (tertiary/aromatic N) is 6. The summed E-state index contributed by atoms with van der Waals surface area (Å²) in [4.78, 5) is 37.0. The van der Waals surface area contributed by atoms with Gasteiger partial charge in [-0.1, -0.05) is 85.7 Å². The number of ether oxygens (including phenoxy) is 2. The molecule has 0 bridgehead atoms. The Labute approximate surface area is 322 Å². The third-order valence-electron chi connectivity index (χ3n) is 7.79. The first kappa shape index (κ1) is 39.9. The SMILES string of the molecule is C[Si](C)(C)CCOCn1nc(Cl)cc(-c2nc3ccc(Cl)cc3n2COCC[Si](C)(C)C)c1=O.O=c1[nH]nc(Cl)cc1-c1nc2ccc(Cl)cc2[nH]1. The number of hydrogen-bond acceptors (Lipinski definition) is 8. The fraction of sp³-hybridized carbons (Fsp3) is 0.353. The van der Waals surface area contributed by atoms with E-state index in [2.05, 4.69) is 64.5 Å². The summed E-state index contributed by atoms with van der Waals surface area (Å²) < 4.78 is 14.9. The number of aromatic nitrogens is 8. The largest absolute Gasteiger partial charge is 0.361 e. The fourth-order valence-electron chi connectivity index (χ4n) is 4.92. The minimum absolute atomic E-state index is 0.0373. The van der Waals surface area contributed by atoms with Crippen molar-refractivity contribution < 1.29 is 9.47 Å². The van der Waals surface area contributed by atoms with Gasteiger partial charge in [-0.15, -0.1) is 0 Å². The van der Waals surface area contributed by atoms with E-state index >= 15 is 0 Å². The van der Waals surface area contributed by atoms with Crippen LogP contribution in [0.3, 0.4) is 0 Å². The molecule has 0 atom stereocenters. The third-order valence-corrected chi connectivity index (χ3v) is 12.1. The molecule has 0 saturated carbocycles.